The van der Waals surface area contributed by atoms with E-state index < -0.39 is 0 Å². The molecule has 1 saturated heterocycles. The summed E-state index contributed by atoms with van der Waals surface area (Å²) in [6.07, 6.45) is 1.78. The maximum atomic E-state index is 13.0. The van der Waals surface area contributed by atoms with Crippen molar-refractivity contribution in [1.82, 2.24) is 0 Å². The molecular formula is C23H19NO2S3. The lowest BCUT2D eigenvalue weighted by Gasteiger charge is -2.19. The van der Waals surface area contributed by atoms with Gasteiger partial charge in [0.1, 0.15) is 5.76 Å². The predicted octanol–water partition coefficient (Wildman–Crippen LogP) is 6.59. The van der Waals surface area contributed by atoms with Crippen LogP contribution in [0.4, 0.5) is 5.69 Å². The van der Waals surface area contributed by atoms with E-state index in [2.05, 4.69) is 12.1 Å². The van der Waals surface area contributed by atoms with Gasteiger partial charge in [0.15, 0.2) is 9.41 Å². The predicted molar refractivity (Wildman–Crippen MR) is 126 cm³/mol. The average Bonchev–Trinajstić information content (AvgIpc) is 3.26. The Bertz CT molecular complexity index is 1080. The Morgan fingerprint density at radius 2 is 1.76 bits per heavy atom. The van der Waals surface area contributed by atoms with Gasteiger partial charge in [-0.25, -0.2) is 0 Å². The highest BCUT2D eigenvalue weighted by Gasteiger charge is 2.35. The molecule has 29 heavy (non-hydrogen) atoms. The summed E-state index contributed by atoms with van der Waals surface area (Å²) in [5, 5.41) is 0.824. The first-order valence-corrected chi connectivity index (χ1v) is 11.3. The van der Waals surface area contributed by atoms with E-state index in [1.165, 1.54) is 17.3 Å². The summed E-state index contributed by atoms with van der Waals surface area (Å²) in [7, 11) is 0. The molecule has 0 radical (unpaired) electrons. The van der Waals surface area contributed by atoms with Gasteiger partial charge in [-0.2, -0.15) is 0 Å². The number of para-hydroxylation sites is 1. The fourth-order valence-electron chi connectivity index (χ4n) is 3.17. The van der Waals surface area contributed by atoms with E-state index in [-0.39, 0.29) is 5.91 Å². The normalized spacial score (nSPS) is 15.5. The van der Waals surface area contributed by atoms with Crippen LogP contribution < -0.4 is 4.90 Å². The molecule has 2 aromatic carbocycles. The van der Waals surface area contributed by atoms with Crippen molar-refractivity contribution in [2.75, 3.05) is 4.90 Å². The summed E-state index contributed by atoms with van der Waals surface area (Å²) in [5.74, 6) is 1.39. The molecule has 2 heterocycles. The summed E-state index contributed by atoms with van der Waals surface area (Å²) in [5.41, 5.74) is 4.17. The number of benzene rings is 2. The Hall–Kier alpha value is -2.28. The monoisotopic (exact) mass is 437 g/mol. The van der Waals surface area contributed by atoms with Gasteiger partial charge in [-0.15, -0.1) is 0 Å². The Kier molecular flexibility index (Phi) is 5.94. The van der Waals surface area contributed by atoms with Gasteiger partial charge in [-0.05, 0) is 42.7 Å². The smallest absolute Gasteiger partial charge is 0.270 e. The molecule has 1 fully saturated rings. The summed E-state index contributed by atoms with van der Waals surface area (Å²) in [6.45, 7) is 3.99. The number of amides is 1. The molecule has 1 amide bonds. The maximum Gasteiger partial charge on any atom is 0.270 e. The summed E-state index contributed by atoms with van der Waals surface area (Å²) in [6, 6.07) is 20.0. The van der Waals surface area contributed by atoms with Crippen LogP contribution in [0.25, 0.3) is 6.08 Å². The standard InChI is InChI=1S/C23H19NO2S3/c1-15-7-6-8-16(2)21(15)24-22(25)19(29-23(24)27)13-18-11-12-20(26-18)28-14-17-9-4-3-5-10-17/h3-13H,14H2,1-2H3/b19-13-. The lowest BCUT2D eigenvalue weighted by atomic mass is 10.1. The first-order valence-electron chi connectivity index (χ1n) is 9.13. The molecule has 1 aliphatic heterocycles. The molecule has 1 aliphatic rings. The van der Waals surface area contributed by atoms with Crippen LogP contribution in [0.5, 0.6) is 0 Å². The van der Waals surface area contributed by atoms with Crippen LogP contribution in [-0.2, 0) is 10.5 Å². The molecule has 0 atom stereocenters. The molecule has 4 rings (SSSR count). The first-order chi connectivity index (χ1) is 14.0. The molecule has 0 saturated carbocycles. The number of carbonyl (C=O) groups excluding carboxylic acids is 1. The zero-order chi connectivity index (χ0) is 20.4. The Balaban J connectivity index is 1.51. The molecule has 0 spiro atoms. The zero-order valence-electron chi connectivity index (χ0n) is 16.0. The molecule has 0 unspecified atom stereocenters. The van der Waals surface area contributed by atoms with Crippen LogP contribution >= 0.6 is 35.7 Å². The highest BCUT2D eigenvalue weighted by atomic mass is 32.2. The van der Waals surface area contributed by atoms with Crippen molar-refractivity contribution in [1.29, 1.82) is 0 Å². The molecular weight excluding hydrogens is 418 g/mol. The van der Waals surface area contributed by atoms with Gasteiger partial charge in [0.05, 0.1) is 10.6 Å². The van der Waals surface area contributed by atoms with E-state index in [9.17, 15) is 4.79 Å². The quantitative estimate of drug-likeness (QED) is 0.255. The molecule has 146 valence electrons. The number of thiocarbonyl (C=S) groups is 1. The molecule has 3 nitrogen and oxygen atoms in total. The minimum atomic E-state index is -0.104. The van der Waals surface area contributed by atoms with Gasteiger partial charge >= 0.3 is 0 Å². The molecule has 1 aromatic heterocycles. The number of nitrogens with zero attached hydrogens (tertiary/aromatic N) is 1. The second kappa shape index (κ2) is 8.61. The number of hydrogen-bond donors (Lipinski definition) is 0. The lowest BCUT2D eigenvalue weighted by molar-refractivity contribution is -0.113. The van der Waals surface area contributed by atoms with Gasteiger partial charge in [0.2, 0.25) is 0 Å². The van der Waals surface area contributed by atoms with E-state index >= 15 is 0 Å². The Labute approximate surface area is 184 Å². The second-order valence-electron chi connectivity index (χ2n) is 6.69. The largest absolute Gasteiger partial charge is 0.450 e. The van der Waals surface area contributed by atoms with Crippen molar-refractivity contribution in [3.8, 4) is 0 Å². The van der Waals surface area contributed by atoms with Crippen LogP contribution in [0.3, 0.4) is 0 Å². The highest BCUT2D eigenvalue weighted by Crippen LogP contribution is 2.39. The van der Waals surface area contributed by atoms with E-state index in [1.54, 1.807) is 22.7 Å². The van der Waals surface area contributed by atoms with Crippen molar-refractivity contribution >= 4 is 57.7 Å². The topological polar surface area (TPSA) is 33.5 Å². The van der Waals surface area contributed by atoms with Crippen LogP contribution in [0.2, 0.25) is 0 Å². The zero-order valence-corrected chi connectivity index (χ0v) is 18.5. The van der Waals surface area contributed by atoms with Crippen LogP contribution in [0.15, 0.2) is 75.1 Å². The van der Waals surface area contributed by atoms with Gasteiger partial charge in [0.25, 0.3) is 5.91 Å². The van der Waals surface area contributed by atoms with Crippen molar-refractivity contribution in [2.24, 2.45) is 0 Å². The molecule has 0 N–H and O–H groups in total. The van der Waals surface area contributed by atoms with Gasteiger partial charge in [-0.3, -0.25) is 9.69 Å². The van der Waals surface area contributed by atoms with Crippen molar-refractivity contribution in [3.05, 3.63) is 88.0 Å². The fraction of sp³-hybridized carbons (Fsp3) is 0.130. The van der Waals surface area contributed by atoms with Crippen LogP contribution in [-0.4, -0.2) is 10.2 Å². The molecule has 3 aromatic rings. The summed E-state index contributed by atoms with van der Waals surface area (Å²) >= 11 is 8.45. The van der Waals surface area contributed by atoms with E-state index in [1.807, 2.05) is 62.4 Å². The van der Waals surface area contributed by atoms with Crippen molar-refractivity contribution < 1.29 is 9.21 Å². The first kappa shape index (κ1) is 20.0. The van der Waals surface area contributed by atoms with E-state index in [0.717, 1.165) is 27.7 Å². The second-order valence-corrected chi connectivity index (χ2v) is 9.34. The van der Waals surface area contributed by atoms with Crippen LogP contribution in [0, 0.1) is 13.8 Å². The third-order valence-electron chi connectivity index (χ3n) is 4.56. The van der Waals surface area contributed by atoms with Gasteiger partial charge < -0.3 is 4.42 Å². The molecule has 0 bridgehead atoms. The minimum Gasteiger partial charge on any atom is -0.450 e. The maximum absolute atomic E-state index is 13.0. The Morgan fingerprint density at radius 3 is 2.48 bits per heavy atom. The lowest BCUT2D eigenvalue weighted by Crippen LogP contribution is -2.29. The number of rotatable bonds is 5. The third-order valence-corrected chi connectivity index (χ3v) is 6.84. The van der Waals surface area contributed by atoms with Gasteiger partial charge in [-0.1, -0.05) is 84.3 Å². The van der Waals surface area contributed by atoms with Crippen molar-refractivity contribution in [3.63, 3.8) is 0 Å². The third kappa shape index (κ3) is 4.34. The SMILES string of the molecule is Cc1cccc(C)c1N1C(=O)/C(=C/c2ccc(SCc3ccccc3)o2)SC1=S. The number of anilines is 1. The molecule has 0 aliphatic carbocycles. The average molecular weight is 438 g/mol. The number of carbonyl (C=O) groups is 1. The number of aryl methyl sites for hydroxylation is 2. The van der Waals surface area contributed by atoms with E-state index in [0.29, 0.717) is 15.0 Å². The summed E-state index contributed by atoms with van der Waals surface area (Å²) in [4.78, 5) is 15.3. The number of hydrogen-bond acceptors (Lipinski definition) is 5. The highest BCUT2D eigenvalue weighted by molar-refractivity contribution is 8.27. The summed E-state index contributed by atoms with van der Waals surface area (Å²) < 4.78 is 6.44. The van der Waals surface area contributed by atoms with E-state index in [4.69, 9.17) is 16.6 Å². The number of furan rings is 1. The fourth-order valence-corrected chi connectivity index (χ4v) is 5.24. The van der Waals surface area contributed by atoms with Crippen molar-refractivity contribution in [2.45, 2.75) is 24.7 Å². The Morgan fingerprint density at radius 1 is 1.03 bits per heavy atom. The van der Waals surface area contributed by atoms with Gasteiger partial charge in [0, 0.05) is 11.8 Å². The molecule has 6 heteroatoms. The minimum absolute atomic E-state index is 0.104. The van der Waals surface area contributed by atoms with Crippen LogP contribution in [0.1, 0.15) is 22.5 Å². The number of thioether (sulfide) groups is 2.